The fourth-order valence-electron chi connectivity index (χ4n) is 1.35. The van der Waals surface area contributed by atoms with Crippen molar-refractivity contribution in [3.05, 3.63) is 22.4 Å². The van der Waals surface area contributed by atoms with Gasteiger partial charge in [-0.25, -0.2) is 4.79 Å². The third kappa shape index (κ3) is 5.49. The van der Waals surface area contributed by atoms with Gasteiger partial charge in [0.15, 0.2) is 0 Å². The van der Waals surface area contributed by atoms with Crippen molar-refractivity contribution in [1.29, 1.82) is 0 Å². The Morgan fingerprint density at radius 3 is 2.70 bits per heavy atom. The number of hydrazine groups is 1. The third-order valence-electron chi connectivity index (χ3n) is 2.29. The van der Waals surface area contributed by atoms with Crippen LogP contribution in [-0.2, 0) is 4.79 Å². The van der Waals surface area contributed by atoms with Crippen LogP contribution < -0.4 is 21.9 Å². The number of hydrogen-bond acceptors (Lipinski definition) is 5. The quantitative estimate of drug-likeness (QED) is 0.565. The van der Waals surface area contributed by atoms with Crippen LogP contribution in [0.3, 0.4) is 0 Å². The highest BCUT2D eigenvalue weighted by atomic mass is 32.2. The minimum atomic E-state index is -0.782. The molecule has 0 bridgehead atoms. The summed E-state index contributed by atoms with van der Waals surface area (Å²) in [5.74, 6) is -0.240. The lowest BCUT2D eigenvalue weighted by Gasteiger charge is -2.16. The van der Waals surface area contributed by atoms with Crippen LogP contribution in [0, 0.1) is 0 Å². The molecule has 1 aromatic heterocycles. The molecule has 0 aliphatic carbocycles. The van der Waals surface area contributed by atoms with Crippen molar-refractivity contribution in [2.75, 3.05) is 12.0 Å². The molecule has 0 spiro atoms. The summed E-state index contributed by atoms with van der Waals surface area (Å²) in [6, 6.07) is 1.82. The van der Waals surface area contributed by atoms with Crippen LogP contribution in [0.5, 0.6) is 0 Å². The van der Waals surface area contributed by atoms with Crippen molar-refractivity contribution in [2.24, 2.45) is 5.73 Å². The molecule has 110 valence electrons. The summed E-state index contributed by atoms with van der Waals surface area (Å²) in [5, 5.41) is 4.09. The minimum Gasteiger partial charge on any atom is -0.352 e. The molecule has 0 saturated heterocycles. The summed E-state index contributed by atoms with van der Waals surface area (Å²) in [7, 11) is 0. The van der Waals surface area contributed by atoms with Crippen molar-refractivity contribution in [2.45, 2.75) is 12.5 Å². The van der Waals surface area contributed by atoms with Gasteiger partial charge in [0, 0.05) is 0 Å². The second kappa shape index (κ2) is 8.43. The molecule has 0 saturated carbocycles. The van der Waals surface area contributed by atoms with Gasteiger partial charge in [0.05, 0.1) is 4.88 Å². The number of hydrogen-bond donors (Lipinski definition) is 4. The Morgan fingerprint density at radius 1 is 1.40 bits per heavy atom. The molecule has 5 N–H and O–H groups in total. The normalized spacial score (nSPS) is 11.4. The van der Waals surface area contributed by atoms with Gasteiger partial charge in [-0.2, -0.15) is 11.8 Å². The Kier molecular flexibility index (Phi) is 6.88. The zero-order valence-corrected chi connectivity index (χ0v) is 12.5. The number of amides is 4. The molecule has 0 aromatic carbocycles. The second-order valence-electron chi connectivity index (χ2n) is 3.76. The lowest BCUT2D eigenvalue weighted by Crippen LogP contribution is -2.53. The van der Waals surface area contributed by atoms with Crippen molar-refractivity contribution >= 4 is 40.9 Å². The molecule has 9 heteroatoms. The molecule has 7 nitrogen and oxygen atoms in total. The molecule has 0 aliphatic heterocycles. The molecular formula is C11H16N4O3S2. The van der Waals surface area contributed by atoms with E-state index in [0.29, 0.717) is 17.1 Å². The molecule has 0 fully saturated rings. The number of rotatable bonds is 6. The highest BCUT2D eigenvalue weighted by Gasteiger charge is 2.20. The number of thioether (sulfide) groups is 1. The van der Waals surface area contributed by atoms with Gasteiger partial charge in [-0.05, 0) is 29.9 Å². The van der Waals surface area contributed by atoms with Crippen LogP contribution in [0.2, 0.25) is 0 Å². The summed E-state index contributed by atoms with van der Waals surface area (Å²) >= 11 is 2.80. The van der Waals surface area contributed by atoms with Crippen LogP contribution in [0.1, 0.15) is 16.1 Å². The standard InChI is InChI=1S/C11H16N4O3S2/c1-19-6-4-7(13-11(12)18)9(16)14-15-10(17)8-3-2-5-20-8/h2-3,5,7H,4,6H2,1H3,(H,14,16)(H,15,17)(H3,12,13,18)/t7-/m0/s1. The first-order chi connectivity index (χ1) is 9.54. The van der Waals surface area contributed by atoms with Crippen LogP contribution in [0.15, 0.2) is 17.5 Å². The lowest BCUT2D eigenvalue weighted by molar-refractivity contribution is -0.123. The first-order valence-electron chi connectivity index (χ1n) is 5.73. The monoisotopic (exact) mass is 316 g/mol. The van der Waals surface area contributed by atoms with E-state index in [1.165, 1.54) is 23.1 Å². The zero-order valence-electron chi connectivity index (χ0n) is 10.8. The number of nitrogens with two attached hydrogens (primary N) is 1. The SMILES string of the molecule is CSCC[C@H](NC(N)=O)C(=O)NNC(=O)c1cccs1. The summed E-state index contributed by atoms with van der Waals surface area (Å²) in [4.78, 5) is 34.8. The number of thiophene rings is 1. The van der Waals surface area contributed by atoms with E-state index in [1.807, 2.05) is 6.26 Å². The maximum Gasteiger partial charge on any atom is 0.312 e. The van der Waals surface area contributed by atoms with Crippen LogP contribution in [-0.4, -0.2) is 35.9 Å². The number of carbonyl (C=O) groups is 3. The molecule has 1 aromatic rings. The van der Waals surface area contributed by atoms with E-state index in [1.54, 1.807) is 17.5 Å². The van der Waals surface area contributed by atoms with E-state index < -0.39 is 23.9 Å². The summed E-state index contributed by atoms with van der Waals surface area (Å²) in [6.07, 6.45) is 2.31. The highest BCUT2D eigenvalue weighted by molar-refractivity contribution is 7.98. The Bertz CT molecular complexity index is 464. The molecule has 4 amide bonds. The number of carbonyl (C=O) groups excluding carboxylic acids is 3. The predicted molar refractivity (Wildman–Crippen MR) is 79.4 cm³/mol. The van der Waals surface area contributed by atoms with E-state index in [2.05, 4.69) is 16.2 Å². The molecule has 1 atom stereocenters. The van der Waals surface area contributed by atoms with Crippen molar-refractivity contribution in [1.82, 2.24) is 16.2 Å². The molecule has 20 heavy (non-hydrogen) atoms. The van der Waals surface area contributed by atoms with Crippen molar-refractivity contribution in [3.63, 3.8) is 0 Å². The van der Waals surface area contributed by atoms with E-state index in [9.17, 15) is 14.4 Å². The number of nitrogens with one attached hydrogen (secondary N) is 3. The largest absolute Gasteiger partial charge is 0.352 e. The van der Waals surface area contributed by atoms with Gasteiger partial charge >= 0.3 is 6.03 Å². The third-order valence-corrected chi connectivity index (χ3v) is 3.80. The molecule has 0 radical (unpaired) electrons. The molecule has 0 unspecified atom stereocenters. The van der Waals surface area contributed by atoms with Crippen molar-refractivity contribution in [3.8, 4) is 0 Å². The van der Waals surface area contributed by atoms with E-state index in [-0.39, 0.29) is 0 Å². The van der Waals surface area contributed by atoms with Gasteiger partial charge in [-0.15, -0.1) is 11.3 Å². The Balaban J connectivity index is 2.48. The maximum atomic E-state index is 11.9. The van der Waals surface area contributed by atoms with Crippen molar-refractivity contribution < 1.29 is 14.4 Å². The van der Waals surface area contributed by atoms with Gasteiger partial charge in [0.2, 0.25) is 0 Å². The van der Waals surface area contributed by atoms with Gasteiger partial charge in [0.25, 0.3) is 11.8 Å². The first-order valence-corrected chi connectivity index (χ1v) is 8.00. The maximum absolute atomic E-state index is 11.9. The summed E-state index contributed by atoms with van der Waals surface area (Å²) in [6.45, 7) is 0. The number of primary amides is 1. The van der Waals surface area contributed by atoms with Crippen LogP contribution in [0.4, 0.5) is 4.79 Å². The topological polar surface area (TPSA) is 113 Å². The van der Waals surface area contributed by atoms with E-state index in [4.69, 9.17) is 5.73 Å². The average Bonchev–Trinajstić information content (AvgIpc) is 2.94. The van der Waals surface area contributed by atoms with Crippen LogP contribution >= 0.6 is 23.1 Å². The first kappa shape index (κ1) is 16.3. The second-order valence-corrected chi connectivity index (χ2v) is 5.70. The summed E-state index contributed by atoms with van der Waals surface area (Å²) in [5.41, 5.74) is 9.58. The average molecular weight is 316 g/mol. The Morgan fingerprint density at radius 2 is 2.15 bits per heavy atom. The smallest absolute Gasteiger partial charge is 0.312 e. The van der Waals surface area contributed by atoms with Gasteiger partial charge in [-0.1, -0.05) is 6.07 Å². The van der Waals surface area contributed by atoms with Crippen LogP contribution in [0.25, 0.3) is 0 Å². The van der Waals surface area contributed by atoms with E-state index >= 15 is 0 Å². The van der Waals surface area contributed by atoms with Gasteiger partial charge < -0.3 is 11.1 Å². The molecular weight excluding hydrogens is 300 g/mol. The molecule has 1 rings (SSSR count). The number of urea groups is 1. The Hall–Kier alpha value is -1.74. The fraction of sp³-hybridized carbons (Fsp3) is 0.364. The van der Waals surface area contributed by atoms with E-state index in [0.717, 1.165) is 0 Å². The van der Waals surface area contributed by atoms with Gasteiger partial charge in [-0.3, -0.25) is 20.4 Å². The lowest BCUT2D eigenvalue weighted by atomic mass is 10.2. The highest BCUT2D eigenvalue weighted by Crippen LogP contribution is 2.07. The molecule has 1 heterocycles. The Labute approximate surface area is 124 Å². The predicted octanol–water partition coefficient (Wildman–Crippen LogP) is 0.299. The zero-order chi connectivity index (χ0) is 15.0. The van der Waals surface area contributed by atoms with Gasteiger partial charge in [0.1, 0.15) is 6.04 Å². The fourth-order valence-corrected chi connectivity index (χ4v) is 2.44. The molecule has 0 aliphatic rings. The summed E-state index contributed by atoms with van der Waals surface area (Å²) < 4.78 is 0. The minimum absolute atomic E-state index is 0.406.